The highest BCUT2D eigenvalue weighted by Crippen LogP contribution is 2.43. The second-order valence-electron chi connectivity index (χ2n) is 11.1. The Morgan fingerprint density at radius 2 is 1.81 bits per heavy atom. The van der Waals surface area contributed by atoms with Gasteiger partial charge in [0, 0.05) is 18.5 Å². The van der Waals surface area contributed by atoms with Crippen molar-refractivity contribution < 1.29 is 27.5 Å². The first-order valence-corrected chi connectivity index (χ1v) is 14.2. The number of carbonyl (C=O) groups excluding carboxylic acids is 1. The number of rotatable bonds is 10. The second-order valence-corrected chi connectivity index (χ2v) is 12.7. The predicted octanol–water partition coefficient (Wildman–Crippen LogP) is 3.34. The van der Waals surface area contributed by atoms with E-state index in [1.165, 1.54) is 0 Å². The maximum Gasteiger partial charge on any atom is 0.322 e. The third kappa shape index (κ3) is 8.23. The van der Waals surface area contributed by atoms with Crippen LogP contribution in [0.4, 0.5) is 0 Å². The lowest BCUT2D eigenvalue weighted by Gasteiger charge is -2.21. The fraction of sp³-hybridized carbons (Fsp3) is 0.692. The van der Waals surface area contributed by atoms with Crippen LogP contribution in [0.1, 0.15) is 83.1 Å². The fourth-order valence-electron chi connectivity index (χ4n) is 4.16. The van der Waals surface area contributed by atoms with E-state index in [-0.39, 0.29) is 17.5 Å². The van der Waals surface area contributed by atoms with Crippen molar-refractivity contribution in [3.8, 4) is 5.75 Å². The van der Waals surface area contributed by atoms with Crippen LogP contribution in [0.3, 0.4) is 0 Å². The van der Waals surface area contributed by atoms with Gasteiger partial charge in [-0.3, -0.25) is 4.79 Å². The van der Waals surface area contributed by atoms with Crippen molar-refractivity contribution in [3.63, 3.8) is 0 Å². The van der Waals surface area contributed by atoms with Crippen molar-refractivity contribution >= 4 is 22.0 Å². The number of guanidine groups is 1. The minimum absolute atomic E-state index is 0.0156. The van der Waals surface area contributed by atoms with Crippen LogP contribution in [-0.2, 0) is 30.8 Å². The molecular formula is C26H44N4O6S. The summed E-state index contributed by atoms with van der Waals surface area (Å²) < 4.78 is 40.9. The summed E-state index contributed by atoms with van der Waals surface area (Å²) in [4.78, 5) is 17.4. The van der Waals surface area contributed by atoms with Gasteiger partial charge in [-0.2, -0.15) is 0 Å². The monoisotopic (exact) mass is 540 g/mol. The number of nitrogens with zero attached hydrogens (tertiary/aromatic N) is 1. The number of nitrogens with two attached hydrogens (primary N) is 1. The second kappa shape index (κ2) is 11.9. The van der Waals surface area contributed by atoms with Crippen molar-refractivity contribution in [2.45, 2.75) is 110 Å². The van der Waals surface area contributed by atoms with E-state index in [0.29, 0.717) is 43.4 Å². The van der Waals surface area contributed by atoms with Gasteiger partial charge in [0.2, 0.25) is 5.96 Å². The summed E-state index contributed by atoms with van der Waals surface area (Å²) >= 11 is 0. The SMILES string of the molecule is CCOC(=O)[C@@H](N)CCCCN/C(=N/OC(C)(C)C)NS(=O)(=O)c1c(C)c(C)c2c(c1C)CC(C)(C)O2. The summed E-state index contributed by atoms with van der Waals surface area (Å²) in [5.41, 5.74) is 7.84. The van der Waals surface area contributed by atoms with Gasteiger partial charge in [-0.25, -0.2) is 13.1 Å². The van der Waals surface area contributed by atoms with Crippen LogP contribution in [-0.4, -0.2) is 50.7 Å². The molecule has 4 N–H and O–H groups in total. The van der Waals surface area contributed by atoms with E-state index in [1.54, 1.807) is 13.8 Å². The first-order valence-electron chi connectivity index (χ1n) is 12.8. The molecule has 1 aliphatic heterocycles. The molecule has 37 heavy (non-hydrogen) atoms. The lowest BCUT2D eigenvalue weighted by Crippen LogP contribution is -2.42. The number of sulfonamides is 1. The molecule has 0 unspecified atom stereocenters. The number of unbranched alkanes of at least 4 members (excludes halogenated alkanes) is 1. The zero-order valence-corrected chi connectivity index (χ0v) is 24.5. The van der Waals surface area contributed by atoms with E-state index in [9.17, 15) is 13.2 Å². The quantitative estimate of drug-likeness (QED) is 0.135. The van der Waals surface area contributed by atoms with Crippen LogP contribution >= 0.6 is 0 Å². The summed E-state index contributed by atoms with van der Waals surface area (Å²) in [7, 11) is -4.00. The van der Waals surface area contributed by atoms with E-state index < -0.39 is 33.2 Å². The van der Waals surface area contributed by atoms with E-state index in [1.807, 2.05) is 48.5 Å². The lowest BCUT2D eigenvalue weighted by atomic mass is 9.94. The van der Waals surface area contributed by atoms with Crippen LogP contribution < -0.4 is 20.5 Å². The predicted molar refractivity (Wildman–Crippen MR) is 144 cm³/mol. The van der Waals surface area contributed by atoms with Gasteiger partial charge in [-0.05, 0) is 103 Å². The molecule has 10 nitrogen and oxygen atoms in total. The summed E-state index contributed by atoms with van der Waals surface area (Å²) in [6.07, 6.45) is 2.36. The molecule has 0 spiro atoms. The number of benzene rings is 1. The molecule has 1 aliphatic rings. The maximum atomic E-state index is 13.6. The van der Waals surface area contributed by atoms with Gasteiger partial charge < -0.3 is 25.4 Å². The number of esters is 1. The third-order valence-electron chi connectivity index (χ3n) is 6.03. The average molecular weight is 541 g/mol. The van der Waals surface area contributed by atoms with E-state index >= 15 is 0 Å². The highest BCUT2D eigenvalue weighted by Gasteiger charge is 2.37. The Hall–Kier alpha value is -2.53. The topological polar surface area (TPSA) is 141 Å². The number of carbonyl (C=O) groups is 1. The Labute approximate surface area is 221 Å². The maximum absolute atomic E-state index is 13.6. The molecule has 0 amide bonds. The molecule has 1 aromatic carbocycles. The molecule has 210 valence electrons. The molecule has 0 aliphatic carbocycles. The smallest absolute Gasteiger partial charge is 0.322 e. The molecule has 0 radical (unpaired) electrons. The van der Waals surface area contributed by atoms with Crippen molar-refractivity contribution in [1.82, 2.24) is 10.0 Å². The van der Waals surface area contributed by atoms with Gasteiger partial charge >= 0.3 is 5.97 Å². The molecule has 0 bridgehead atoms. The molecule has 1 heterocycles. The number of hydrogen-bond acceptors (Lipinski definition) is 8. The van der Waals surface area contributed by atoms with Gasteiger partial charge in [0.15, 0.2) is 0 Å². The van der Waals surface area contributed by atoms with Crippen LogP contribution in [0.15, 0.2) is 10.1 Å². The first-order chi connectivity index (χ1) is 17.0. The van der Waals surface area contributed by atoms with Crippen LogP contribution in [0, 0.1) is 20.8 Å². The largest absolute Gasteiger partial charge is 0.487 e. The van der Waals surface area contributed by atoms with Gasteiger partial charge in [0.25, 0.3) is 10.0 Å². The Morgan fingerprint density at radius 3 is 2.41 bits per heavy atom. The summed E-state index contributed by atoms with van der Waals surface area (Å²) in [5, 5.41) is 7.08. The minimum Gasteiger partial charge on any atom is -0.487 e. The summed E-state index contributed by atoms with van der Waals surface area (Å²) in [6, 6.07) is -0.682. The Balaban J connectivity index is 2.21. The van der Waals surface area contributed by atoms with Crippen LogP contribution in [0.25, 0.3) is 0 Å². The van der Waals surface area contributed by atoms with Crippen molar-refractivity contribution in [2.75, 3.05) is 13.2 Å². The van der Waals surface area contributed by atoms with Crippen molar-refractivity contribution in [2.24, 2.45) is 10.9 Å². The van der Waals surface area contributed by atoms with Gasteiger partial charge in [-0.15, -0.1) is 0 Å². The molecule has 0 saturated carbocycles. The van der Waals surface area contributed by atoms with E-state index in [2.05, 4.69) is 15.2 Å². The lowest BCUT2D eigenvalue weighted by molar-refractivity contribution is -0.144. The number of hydrogen-bond donors (Lipinski definition) is 3. The van der Waals surface area contributed by atoms with Crippen molar-refractivity contribution in [3.05, 3.63) is 22.3 Å². The Morgan fingerprint density at radius 1 is 1.16 bits per heavy atom. The molecular weight excluding hydrogens is 496 g/mol. The molecule has 1 aromatic rings. The van der Waals surface area contributed by atoms with Crippen LogP contribution in [0.5, 0.6) is 5.75 Å². The molecule has 0 saturated heterocycles. The highest BCUT2D eigenvalue weighted by atomic mass is 32.2. The van der Waals surface area contributed by atoms with E-state index in [0.717, 1.165) is 16.9 Å². The zero-order valence-electron chi connectivity index (χ0n) is 23.7. The van der Waals surface area contributed by atoms with Gasteiger partial charge in [0.1, 0.15) is 23.0 Å². The van der Waals surface area contributed by atoms with Crippen LogP contribution in [0.2, 0.25) is 0 Å². The van der Waals surface area contributed by atoms with E-state index in [4.69, 9.17) is 20.0 Å². The highest BCUT2D eigenvalue weighted by molar-refractivity contribution is 7.90. The third-order valence-corrected chi connectivity index (χ3v) is 7.64. The van der Waals surface area contributed by atoms with Crippen molar-refractivity contribution in [1.29, 1.82) is 0 Å². The zero-order chi connectivity index (χ0) is 28.2. The van der Waals surface area contributed by atoms with Gasteiger partial charge in [-0.1, -0.05) is 0 Å². The number of oxime groups is 1. The Bertz CT molecular complexity index is 1120. The number of ether oxygens (including phenoxy) is 2. The molecule has 1 atom stereocenters. The minimum atomic E-state index is -4.00. The molecule has 11 heteroatoms. The molecule has 0 fully saturated rings. The molecule has 0 aromatic heterocycles. The standard InChI is InChI=1S/C26H44N4O6S/c1-10-34-23(31)20(27)13-11-12-14-28-24(29-36-25(5,6)7)30-37(32,33)22-17(3)16(2)21-19(18(22)4)15-26(8,9)35-21/h20H,10-15,27H2,1-9H3,(H2,28,29,30)/t20-/m0/s1. The first kappa shape index (κ1) is 30.7. The average Bonchev–Trinajstić information content (AvgIpc) is 3.10. The summed E-state index contributed by atoms with van der Waals surface area (Å²) in [6.45, 7) is 17.3. The van der Waals surface area contributed by atoms with Gasteiger partial charge in [0.05, 0.1) is 11.5 Å². The number of fused-ring (bicyclic) bond motifs is 1. The fourth-order valence-corrected chi connectivity index (χ4v) is 5.71. The number of nitrogens with one attached hydrogen (secondary N) is 2. The molecule has 2 rings (SSSR count). The Kier molecular flexibility index (Phi) is 9.87. The summed E-state index contributed by atoms with van der Waals surface area (Å²) in [5.74, 6) is 0.328. The normalized spacial score (nSPS) is 16.0.